The number of rotatable bonds is 6. The summed E-state index contributed by atoms with van der Waals surface area (Å²) < 4.78 is 12.6. The molecule has 160 valence electrons. The molecule has 0 bridgehead atoms. The molecule has 5 heteroatoms. The summed E-state index contributed by atoms with van der Waals surface area (Å²) in [5.74, 6) is 0.0255. The Kier molecular flexibility index (Phi) is 6.52. The van der Waals surface area contributed by atoms with Crippen LogP contribution in [0, 0.1) is 13.8 Å². The number of benzene rings is 2. The van der Waals surface area contributed by atoms with E-state index in [1.54, 1.807) is 0 Å². The predicted octanol–water partition coefficient (Wildman–Crippen LogP) is 4.08. The number of piperidine rings is 1. The van der Waals surface area contributed by atoms with Crippen LogP contribution in [-0.2, 0) is 20.9 Å². The molecule has 0 radical (unpaired) electrons. The summed E-state index contributed by atoms with van der Waals surface area (Å²) >= 11 is 0. The van der Waals surface area contributed by atoms with Crippen LogP contribution in [0.15, 0.2) is 48.5 Å². The summed E-state index contributed by atoms with van der Waals surface area (Å²) in [5, 5.41) is 3.11. The lowest BCUT2D eigenvalue weighted by atomic mass is 9.85. The van der Waals surface area contributed by atoms with E-state index in [0.717, 1.165) is 54.8 Å². The van der Waals surface area contributed by atoms with Crippen molar-refractivity contribution in [1.29, 1.82) is 0 Å². The van der Waals surface area contributed by atoms with Gasteiger partial charge < -0.3 is 14.8 Å². The lowest BCUT2D eigenvalue weighted by molar-refractivity contribution is -0.159. The molecule has 2 fully saturated rings. The SMILES string of the molecule is Cc1cccc(C)c1NC(=O)CN1CC[C@@]2(CCCO2)[C@H](OCc2ccccc2)C1. The maximum absolute atomic E-state index is 12.8. The summed E-state index contributed by atoms with van der Waals surface area (Å²) in [7, 11) is 0. The van der Waals surface area contributed by atoms with Crippen LogP contribution in [0.4, 0.5) is 5.69 Å². The van der Waals surface area contributed by atoms with Crippen LogP contribution in [0.3, 0.4) is 0 Å². The molecule has 0 unspecified atom stereocenters. The van der Waals surface area contributed by atoms with Gasteiger partial charge in [-0.3, -0.25) is 9.69 Å². The first-order valence-electron chi connectivity index (χ1n) is 10.9. The number of ether oxygens (including phenoxy) is 2. The third kappa shape index (κ3) is 4.75. The molecule has 1 amide bonds. The average molecular weight is 409 g/mol. The predicted molar refractivity (Wildman–Crippen MR) is 119 cm³/mol. The Labute approximate surface area is 179 Å². The molecule has 2 heterocycles. The second kappa shape index (κ2) is 9.29. The van der Waals surface area contributed by atoms with Gasteiger partial charge in [-0.15, -0.1) is 0 Å². The van der Waals surface area contributed by atoms with Gasteiger partial charge >= 0.3 is 0 Å². The number of nitrogens with zero attached hydrogens (tertiary/aromatic N) is 1. The van der Waals surface area contributed by atoms with E-state index in [1.807, 2.05) is 50.2 Å². The van der Waals surface area contributed by atoms with Gasteiger partial charge in [0, 0.05) is 25.4 Å². The van der Waals surface area contributed by atoms with Crippen molar-refractivity contribution in [1.82, 2.24) is 4.90 Å². The molecule has 2 aliphatic heterocycles. The van der Waals surface area contributed by atoms with E-state index in [1.165, 1.54) is 0 Å². The highest BCUT2D eigenvalue weighted by molar-refractivity contribution is 5.93. The number of para-hydroxylation sites is 1. The first-order valence-corrected chi connectivity index (χ1v) is 10.9. The number of aryl methyl sites for hydroxylation is 2. The van der Waals surface area contributed by atoms with Gasteiger partial charge in [0.15, 0.2) is 0 Å². The average Bonchev–Trinajstić information content (AvgIpc) is 3.21. The monoisotopic (exact) mass is 408 g/mol. The highest BCUT2D eigenvalue weighted by Gasteiger charge is 2.47. The number of carbonyl (C=O) groups excluding carboxylic acids is 1. The van der Waals surface area contributed by atoms with E-state index in [9.17, 15) is 4.79 Å². The Balaban J connectivity index is 1.39. The van der Waals surface area contributed by atoms with Crippen LogP contribution >= 0.6 is 0 Å². The van der Waals surface area contributed by atoms with Crippen molar-refractivity contribution in [3.8, 4) is 0 Å². The second-order valence-electron chi connectivity index (χ2n) is 8.60. The number of likely N-dealkylation sites (tertiary alicyclic amines) is 1. The highest BCUT2D eigenvalue weighted by Crippen LogP contribution is 2.38. The van der Waals surface area contributed by atoms with Crippen molar-refractivity contribution >= 4 is 11.6 Å². The summed E-state index contributed by atoms with van der Waals surface area (Å²) in [6.45, 7) is 7.36. The Bertz CT molecular complexity index is 842. The minimum atomic E-state index is -0.200. The van der Waals surface area contributed by atoms with E-state index in [0.29, 0.717) is 19.7 Å². The topological polar surface area (TPSA) is 50.8 Å². The molecular weight excluding hydrogens is 376 g/mol. The Hall–Kier alpha value is -2.21. The molecule has 2 atom stereocenters. The Morgan fingerprint density at radius 3 is 2.60 bits per heavy atom. The summed E-state index contributed by atoms with van der Waals surface area (Å²) in [4.78, 5) is 15.0. The third-order valence-electron chi connectivity index (χ3n) is 6.40. The van der Waals surface area contributed by atoms with Gasteiger partial charge in [-0.2, -0.15) is 0 Å². The van der Waals surface area contributed by atoms with Crippen molar-refractivity contribution in [2.75, 3.05) is 31.6 Å². The number of nitrogens with one attached hydrogen (secondary N) is 1. The Morgan fingerprint density at radius 2 is 1.90 bits per heavy atom. The first-order chi connectivity index (χ1) is 14.6. The van der Waals surface area contributed by atoms with Crippen LogP contribution < -0.4 is 5.32 Å². The molecule has 0 saturated carbocycles. The molecule has 0 aromatic heterocycles. The molecule has 4 rings (SSSR count). The van der Waals surface area contributed by atoms with Crippen LogP contribution in [-0.4, -0.2) is 48.8 Å². The smallest absolute Gasteiger partial charge is 0.238 e. The molecule has 0 aliphatic carbocycles. The molecule has 1 N–H and O–H groups in total. The molecule has 2 aliphatic rings. The van der Waals surface area contributed by atoms with Crippen molar-refractivity contribution in [2.45, 2.75) is 51.4 Å². The van der Waals surface area contributed by atoms with Gasteiger partial charge in [0.25, 0.3) is 0 Å². The zero-order valence-electron chi connectivity index (χ0n) is 18.0. The van der Waals surface area contributed by atoms with Gasteiger partial charge in [0.1, 0.15) is 0 Å². The fourth-order valence-corrected chi connectivity index (χ4v) is 4.68. The van der Waals surface area contributed by atoms with Gasteiger partial charge in [0.2, 0.25) is 5.91 Å². The largest absolute Gasteiger partial charge is 0.372 e. The number of carbonyl (C=O) groups is 1. The van der Waals surface area contributed by atoms with Crippen molar-refractivity contribution in [3.63, 3.8) is 0 Å². The minimum Gasteiger partial charge on any atom is -0.372 e. The quantitative estimate of drug-likeness (QED) is 0.782. The molecular formula is C25H32N2O3. The van der Waals surface area contributed by atoms with Crippen molar-refractivity contribution in [3.05, 3.63) is 65.2 Å². The first kappa shape index (κ1) is 21.0. The fourth-order valence-electron chi connectivity index (χ4n) is 4.68. The maximum atomic E-state index is 12.8. The highest BCUT2D eigenvalue weighted by atomic mass is 16.6. The second-order valence-corrected chi connectivity index (χ2v) is 8.60. The zero-order valence-corrected chi connectivity index (χ0v) is 18.0. The number of hydrogen-bond donors (Lipinski definition) is 1. The number of hydrogen-bond acceptors (Lipinski definition) is 4. The van der Waals surface area contributed by atoms with Gasteiger partial charge in [-0.25, -0.2) is 0 Å². The van der Waals surface area contributed by atoms with Gasteiger partial charge in [-0.1, -0.05) is 48.5 Å². The third-order valence-corrected chi connectivity index (χ3v) is 6.40. The summed E-state index contributed by atoms with van der Waals surface area (Å²) in [6.07, 6.45) is 3.00. The fraction of sp³-hybridized carbons (Fsp3) is 0.480. The summed E-state index contributed by atoms with van der Waals surface area (Å²) in [6, 6.07) is 16.3. The van der Waals surface area contributed by atoms with Crippen LogP contribution in [0.5, 0.6) is 0 Å². The maximum Gasteiger partial charge on any atom is 0.238 e. The molecule has 1 spiro atoms. The molecule has 30 heavy (non-hydrogen) atoms. The van der Waals surface area contributed by atoms with E-state index >= 15 is 0 Å². The van der Waals surface area contributed by atoms with Crippen LogP contribution in [0.1, 0.15) is 36.0 Å². The molecule has 2 aromatic rings. The van der Waals surface area contributed by atoms with E-state index in [4.69, 9.17) is 9.47 Å². The zero-order chi connectivity index (χ0) is 21.0. The lowest BCUT2D eigenvalue weighted by Gasteiger charge is -2.44. The minimum absolute atomic E-state index is 0.0255. The van der Waals surface area contributed by atoms with Crippen LogP contribution in [0.25, 0.3) is 0 Å². The number of amides is 1. The molecule has 5 nitrogen and oxygen atoms in total. The van der Waals surface area contributed by atoms with E-state index < -0.39 is 0 Å². The number of anilines is 1. The van der Waals surface area contributed by atoms with Crippen LogP contribution in [0.2, 0.25) is 0 Å². The van der Waals surface area contributed by atoms with E-state index in [-0.39, 0.29) is 17.6 Å². The molecule has 2 saturated heterocycles. The summed E-state index contributed by atoms with van der Waals surface area (Å²) in [5.41, 5.74) is 4.06. The van der Waals surface area contributed by atoms with Crippen molar-refractivity contribution in [2.24, 2.45) is 0 Å². The molecule has 2 aromatic carbocycles. The normalized spacial score (nSPS) is 24.3. The Morgan fingerprint density at radius 1 is 1.13 bits per heavy atom. The lowest BCUT2D eigenvalue weighted by Crippen LogP contribution is -2.57. The van der Waals surface area contributed by atoms with Crippen molar-refractivity contribution < 1.29 is 14.3 Å². The van der Waals surface area contributed by atoms with Gasteiger partial charge in [-0.05, 0) is 49.8 Å². The van der Waals surface area contributed by atoms with E-state index in [2.05, 4.69) is 22.3 Å². The van der Waals surface area contributed by atoms with Gasteiger partial charge in [0.05, 0.1) is 24.9 Å². The standard InChI is InChI=1S/C25H32N2O3/c1-19-8-6-9-20(2)24(19)26-23(28)17-27-14-13-25(12-7-15-30-25)22(16-27)29-18-21-10-4-3-5-11-21/h3-6,8-11,22H,7,12-18H2,1-2H3,(H,26,28)/t22-,25+/m1/s1.